The van der Waals surface area contributed by atoms with Crippen LogP contribution in [0.1, 0.15) is 47.2 Å². The highest BCUT2D eigenvalue weighted by molar-refractivity contribution is 9.10. The molecule has 0 aromatic heterocycles. The van der Waals surface area contributed by atoms with E-state index < -0.39 is 5.97 Å². The number of rotatable bonds is 2. The average Bonchev–Trinajstić information content (AvgIpc) is 2.58. The maximum atomic E-state index is 10.9. The van der Waals surface area contributed by atoms with E-state index in [1.165, 1.54) is 11.1 Å². The fourth-order valence-electron chi connectivity index (χ4n) is 2.30. The van der Waals surface area contributed by atoms with Crippen molar-refractivity contribution in [3.63, 3.8) is 0 Å². The molecule has 1 aromatic rings. The second kappa shape index (κ2) is 3.97. The van der Waals surface area contributed by atoms with Gasteiger partial charge in [-0.3, -0.25) is 0 Å². The third kappa shape index (κ3) is 1.81. The van der Waals surface area contributed by atoms with Crippen LogP contribution in [-0.2, 0) is 6.42 Å². The molecule has 1 atom stereocenters. The smallest absolute Gasteiger partial charge is 0.336 e. The Morgan fingerprint density at radius 2 is 2.33 bits per heavy atom. The summed E-state index contributed by atoms with van der Waals surface area (Å²) < 4.78 is 0.703. The third-order valence-corrected chi connectivity index (χ3v) is 3.81. The van der Waals surface area contributed by atoms with Gasteiger partial charge in [-0.25, -0.2) is 4.79 Å². The van der Waals surface area contributed by atoms with Crippen LogP contribution < -0.4 is 0 Å². The Bertz CT molecular complexity index is 412. The highest BCUT2D eigenvalue weighted by Gasteiger charge is 2.23. The topological polar surface area (TPSA) is 37.3 Å². The molecule has 0 amide bonds. The lowest BCUT2D eigenvalue weighted by Gasteiger charge is -2.09. The maximum absolute atomic E-state index is 10.9. The lowest BCUT2D eigenvalue weighted by Crippen LogP contribution is -2.00. The van der Waals surface area contributed by atoms with Gasteiger partial charge in [0.2, 0.25) is 0 Å². The number of carbonyl (C=O) groups is 1. The van der Waals surface area contributed by atoms with E-state index in [4.69, 9.17) is 5.11 Å². The molecular weight excluding hydrogens is 256 g/mol. The number of carboxylic acids is 1. The zero-order chi connectivity index (χ0) is 11.0. The number of carboxylic acid groups (broad SMARTS) is 1. The molecule has 1 N–H and O–H groups in total. The molecule has 15 heavy (non-hydrogen) atoms. The van der Waals surface area contributed by atoms with Crippen molar-refractivity contribution in [2.45, 2.75) is 32.1 Å². The summed E-state index contributed by atoms with van der Waals surface area (Å²) in [5.41, 5.74) is 2.92. The first kappa shape index (κ1) is 10.7. The summed E-state index contributed by atoms with van der Waals surface area (Å²) in [6.07, 6.45) is 3.30. The highest BCUT2D eigenvalue weighted by atomic mass is 79.9. The first-order valence-electron chi connectivity index (χ1n) is 5.19. The van der Waals surface area contributed by atoms with Crippen molar-refractivity contribution in [2.24, 2.45) is 0 Å². The highest BCUT2D eigenvalue weighted by Crippen LogP contribution is 2.38. The second-order valence-corrected chi connectivity index (χ2v) is 4.83. The van der Waals surface area contributed by atoms with E-state index in [1.807, 2.05) is 12.1 Å². The van der Waals surface area contributed by atoms with Gasteiger partial charge in [-0.1, -0.05) is 6.92 Å². The van der Waals surface area contributed by atoms with Crippen LogP contribution in [0.5, 0.6) is 0 Å². The van der Waals surface area contributed by atoms with Crippen LogP contribution >= 0.6 is 15.9 Å². The summed E-state index contributed by atoms with van der Waals surface area (Å²) in [6.45, 7) is 2.18. The minimum absolute atomic E-state index is 0.380. The average molecular weight is 269 g/mol. The van der Waals surface area contributed by atoms with Crippen molar-refractivity contribution in [3.8, 4) is 0 Å². The van der Waals surface area contributed by atoms with Gasteiger partial charge in [0.05, 0.1) is 5.56 Å². The molecule has 1 aliphatic rings. The number of hydrogen-bond donors (Lipinski definition) is 1. The standard InChI is InChI=1S/C12H13BrO2/c1-2-7-3-4-8-5-10(12(14)15)11(13)6-9(7)8/h5-7H,2-4H2,1H3,(H,14,15). The fraction of sp³-hybridized carbons (Fsp3) is 0.417. The monoisotopic (exact) mass is 268 g/mol. The summed E-state index contributed by atoms with van der Waals surface area (Å²) in [6, 6.07) is 3.80. The van der Waals surface area contributed by atoms with Crippen molar-refractivity contribution in [3.05, 3.63) is 33.3 Å². The van der Waals surface area contributed by atoms with Gasteiger partial charge in [-0.15, -0.1) is 0 Å². The van der Waals surface area contributed by atoms with Gasteiger partial charge in [0.15, 0.2) is 0 Å². The molecule has 2 nitrogen and oxygen atoms in total. The summed E-state index contributed by atoms with van der Waals surface area (Å²) in [7, 11) is 0. The number of fused-ring (bicyclic) bond motifs is 1. The molecule has 0 heterocycles. The number of hydrogen-bond acceptors (Lipinski definition) is 1. The molecule has 0 saturated carbocycles. The Hall–Kier alpha value is -0.830. The lowest BCUT2D eigenvalue weighted by atomic mass is 9.98. The Kier molecular flexibility index (Phi) is 2.83. The molecule has 3 heteroatoms. The molecule has 2 rings (SSSR count). The summed E-state index contributed by atoms with van der Waals surface area (Å²) >= 11 is 3.33. The molecule has 0 fully saturated rings. The van der Waals surface area contributed by atoms with Gasteiger partial charge in [0.25, 0.3) is 0 Å². The zero-order valence-corrected chi connectivity index (χ0v) is 10.2. The van der Waals surface area contributed by atoms with Gasteiger partial charge < -0.3 is 5.11 Å². The van der Waals surface area contributed by atoms with E-state index in [-0.39, 0.29) is 0 Å². The molecule has 0 saturated heterocycles. The van der Waals surface area contributed by atoms with Gasteiger partial charge in [-0.05, 0) is 64.4 Å². The normalized spacial score (nSPS) is 18.9. The van der Waals surface area contributed by atoms with Crippen LogP contribution in [0.3, 0.4) is 0 Å². The zero-order valence-electron chi connectivity index (χ0n) is 8.59. The third-order valence-electron chi connectivity index (χ3n) is 3.15. The molecule has 0 bridgehead atoms. The van der Waals surface area contributed by atoms with Crippen LogP contribution in [0, 0.1) is 0 Å². The predicted molar refractivity (Wildman–Crippen MR) is 62.5 cm³/mol. The number of aromatic carboxylic acids is 1. The summed E-state index contributed by atoms with van der Waals surface area (Å²) in [5.74, 6) is -0.247. The van der Waals surface area contributed by atoms with Crippen molar-refractivity contribution >= 4 is 21.9 Å². The van der Waals surface area contributed by atoms with Crippen molar-refractivity contribution in [1.82, 2.24) is 0 Å². The first-order valence-corrected chi connectivity index (χ1v) is 5.98. The van der Waals surface area contributed by atoms with Crippen molar-refractivity contribution in [2.75, 3.05) is 0 Å². The summed E-state index contributed by atoms with van der Waals surface area (Å²) in [4.78, 5) is 10.9. The van der Waals surface area contributed by atoms with Crippen molar-refractivity contribution < 1.29 is 9.90 Å². The number of halogens is 1. The fourth-order valence-corrected chi connectivity index (χ4v) is 2.83. The van der Waals surface area contributed by atoms with Crippen LogP contribution in [0.15, 0.2) is 16.6 Å². The largest absolute Gasteiger partial charge is 0.478 e. The van der Waals surface area contributed by atoms with Crippen molar-refractivity contribution in [1.29, 1.82) is 0 Å². The van der Waals surface area contributed by atoms with Gasteiger partial charge >= 0.3 is 5.97 Å². The maximum Gasteiger partial charge on any atom is 0.336 e. The quantitative estimate of drug-likeness (QED) is 0.890. The Balaban J connectivity index is 2.49. The van der Waals surface area contributed by atoms with Crippen LogP contribution in [-0.4, -0.2) is 11.1 Å². The Morgan fingerprint density at radius 1 is 1.60 bits per heavy atom. The van der Waals surface area contributed by atoms with Crippen LogP contribution in [0.25, 0.3) is 0 Å². The number of aryl methyl sites for hydroxylation is 1. The van der Waals surface area contributed by atoms with E-state index in [2.05, 4.69) is 22.9 Å². The Labute approximate surface area is 97.4 Å². The lowest BCUT2D eigenvalue weighted by molar-refractivity contribution is 0.0696. The minimum Gasteiger partial charge on any atom is -0.478 e. The first-order chi connectivity index (χ1) is 7.13. The molecule has 1 unspecified atom stereocenters. The van der Waals surface area contributed by atoms with Gasteiger partial charge in [-0.2, -0.15) is 0 Å². The Morgan fingerprint density at radius 3 is 2.93 bits per heavy atom. The predicted octanol–water partition coefficient (Wildman–Crippen LogP) is 3.59. The van der Waals surface area contributed by atoms with E-state index in [0.717, 1.165) is 19.3 Å². The molecule has 80 valence electrons. The molecule has 0 aliphatic heterocycles. The van der Waals surface area contributed by atoms with Crippen LogP contribution in [0.2, 0.25) is 0 Å². The SMILES string of the molecule is CCC1CCc2cc(C(=O)O)c(Br)cc21. The summed E-state index contributed by atoms with van der Waals surface area (Å²) in [5, 5.41) is 8.99. The number of benzene rings is 1. The van der Waals surface area contributed by atoms with Gasteiger partial charge in [0, 0.05) is 4.47 Å². The van der Waals surface area contributed by atoms with E-state index in [9.17, 15) is 4.79 Å². The molecule has 1 aromatic carbocycles. The molecule has 1 aliphatic carbocycles. The van der Waals surface area contributed by atoms with Crippen LogP contribution in [0.4, 0.5) is 0 Å². The van der Waals surface area contributed by atoms with Gasteiger partial charge in [0.1, 0.15) is 0 Å². The molecule has 0 radical (unpaired) electrons. The van der Waals surface area contributed by atoms with E-state index in [1.54, 1.807) is 0 Å². The molecule has 0 spiro atoms. The minimum atomic E-state index is -0.857. The molecular formula is C12H13BrO2. The second-order valence-electron chi connectivity index (χ2n) is 3.98. The van der Waals surface area contributed by atoms with E-state index >= 15 is 0 Å². The van der Waals surface area contributed by atoms with E-state index in [0.29, 0.717) is 16.0 Å².